The van der Waals surface area contributed by atoms with Crippen molar-refractivity contribution in [1.82, 2.24) is 10.4 Å². The fraction of sp³-hybridized carbons (Fsp3) is 0.391. The summed E-state index contributed by atoms with van der Waals surface area (Å²) >= 11 is 0. The molecule has 0 aromatic heterocycles. The number of aryl methyl sites for hydroxylation is 3. The van der Waals surface area contributed by atoms with Gasteiger partial charge in [0.1, 0.15) is 6.04 Å². The number of nitrogens with one attached hydrogen (secondary N) is 1. The van der Waals surface area contributed by atoms with Gasteiger partial charge in [0.15, 0.2) is 0 Å². The minimum Gasteiger partial charge on any atom is -0.268 e. The maximum atomic E-state index is 13.2. The third kappa shape index (κ3) is 5.18. The van der Waals surface area contributed by atoms with Crippen LogP contribution in [-0.2, 0) is 6.42 Å². The summed E-state index contributed by atoms with van der Waals surface area (Å²) in [7, 11) is 0. The fourth-order valence-corrected chi connectivity index (χ4v) is 3.04. The molecule has 1 unspecified atom stereocenters. The third-order valence-electron chi connectivity index (χ3n) is 4.45. The van der Waals surface area contributed by atoms with Crippen LogP contribution in [0.3, 0.4) is 0 Å². The van der Waals surface area contributed by atoms with Crippen LogP contribution in [0.2, 0.25) is 0 Å². The summed E-state index contributed by atoms with van der Waals surface area (Å²) in [4.78, 5) is 13.2. The van der Waals surface area contributed by atoms with E-state index in [1.54, 1.807) is 5.01 Å². The van der Waals surface area contributed by atoms with E-state index in [1.807, 2.05) is 77.1 Å². The molecule has 0 radical (unpaired) electrons. The summed E-state index contributed by atoms with van der Waals surface area (Å²) in [5.74, 6) is -0.139. The van der Waals surface area contributed by atoms with Gasteiger partial charge in [-0.05, 0) is 64.3 Å². The highest BCUT2D eigenvalue weighted by molar-refractivity contribution is 5.94. The van der Waals surface area contributed by atoms with Gasteiger partial charge in [0.2, 0.25) is 0 Å². The third-order valence-corrected chi connectivity index (χ3v) is 4.45. The van der Waals surface area contributed by atoms with Gasteiger partial charge in [-0.15, -0.1) is 0 Å². The van der Waals surface area contributed by atoms with Crippen molar-refractivity contribution in [3.8, 4) is 6.07 Å². The Morgan fingerprint density at radius 2 is 1.67 bits per heavy atom. The van der Waals surface area contributed by atoms with Crippen molar-refractivity contribution in [2.75, 3.05) is 0 Å². The first-order chi connectivity index (χ1) is 12.7. The lowest BCUT2D eigenvalue weighted by Crippen LogP contribution is -2.54. The number of hydrogen-bond acceptors (Lipinski definition) is 3. The van der Waals surface area contributed by atoms with E-state index in [0.717, 1.165) is 23.1 Å². The van der Waals surface area contributed by atoms with Crippen molar-refractivity contribution in [3.63, 3.8) is 0 Å². The molecule has 0 heterocycles. The van der Waals surface area contributed by atoms with Crippen molar-refractivity contribution in [2.45, 2.75) is 59.5 Å². The molecule has 4 nitrogen and oxygen atoms in total. The van der Waals surface area contributed by atoms with E-state index >= 15 is 0 Å². The number of nitrogens with zero attached hydrogens (tertiary/aromatic N) is 2. The highest BCUT2D eigenvalue weighted by Gasteiger charge is 2.30. The summed E-state index contributed by atoms with van der Waals surface area (Å²) < 4.78 is 0. The second-order valence-electron chi connectivity index (χ2n) is 7.97. The largest absolute Gasteiger partial charge is 0.268 e. The Labute approximate surface area is 162 Å². The maximum absolute atomic E-state index is 13.2. The summed E-state index contributed by atoms with van der Waals surface area (Å²) in [6.07, 6.45) is 0.949. The molecule has 1 atom stereocenters. The summed E-state index contributed by atoms with van der Waals surface area (Å²) in [5.41, 5.74) is 7.43. The topological polar surface area (TPSA) is 56.1 Å². The van der Waals surface area contributed by atoms with Crippen LogP contribution >= 0.6 is 0 Å². The van der Waals surface area contributed by atoms with Gasteiger partial charge in [-0.25, -0.2) is 5.43 Å². The molecule has 2 aromatic rings. The minimum absolute atomic E-state index is 0.139. The predicted molar refractivity (Wildman–Crippen MR) is 109 cm³/mol. The van der Waals surface area contributed by atoms with Crippen LogP contribution in [0.1, 0.15) is 66.3 Å². The van der Waals surface area contributed by atoms with Gasteiger partial charge >= 0.3 is 0 Å². The first-order valence-corrected chi connectivity index (χ1v) is 9.33. The number of benzene rings is 2. The van der Waals surface area contributed by atoms with Gasteiger partial charge in [-0.1, -0.05) is 48.4 Å². The smallest absolute Gasteiger partial charge is 0.268 e. The highest BCUT2D eigenvalue weighted by atomic mass is 16.2. The lowest BCUT2D eigenvalue weighted by molar-refractivity contribution is 0.0365. The van der Waals surface area contributed by atoms with Crippen LogP contribution in [0.25, 0.3) is 0 Å². The van der Waals surface area contributed by atoms with Gasteiger partial charge in [0.25, 0.3) is 5.91 Å². The van der Waals surface area contributed by atoms with Crippen LogP contribution in [0, 0.1) is 25.2 Å². The second-order valence-corrected chi connectivity index (χ2v) is 7.97. The molecule has 0 saturated carbocycles. The molecule has 0 bridgehead atoms. The Balaban J connectivity index is 2.35. The average Bonchev–Trinajstić information content (AvgIpc) is 2.60. The quantitative estimate of drug-likeness (QED) is 0.771. The lowest BCUT2D eigenvalue weighted by atomic mass is 10.0. The monoisotopic (exact) mass is 363 g/mol. The molecule has 27 heavy (non-hydrogen) atoms. The number of carbonyl (C=O) groups is 1. The van der Waals surface area contributed by atoms with Crippen LogP contribution in [0.4, 0.5) is 0 Å². The van der Waals surface area contributed by atoms with E-state index in [4.69, 9.17) is 0 Å². The van der Waals surface area contributed by atoms with Crippen molar-refractivity contribution in [3.05, 3.63) is 70.3 Å². The Bertz CT molecular complexity index is 821. The zero-order chi connectivity index (χ0) is 20.2. The molecule has 0 spiro atoms. The molecule has 0 aliphatic heterocycles. The number of amides is 1. The number of nitriles is 1. The summed E-state index contributed by atoms with van der Waals surface area (Å²) in [6.45, 7) is 11.9. The van der Waals surface area contributed by atoms with Gasteiger partial charge < -0.3 is 0 Å². The molecule has 142 valence electrons. The number of hydrazine groups is 1. The average molecular weight is 364 g/mol. The Hall–Kier alpha value is -2.64. The minimum atomic E-state index is -0.606. The van der Waals surface area contributed by atoms with Crippen molar-refractivity contribution < 1.29 is 4.79 Å². The summed E-state index contributed by atoms with van der Waals surface area (Å²) in [6, 6.07) is 15.4. The van der Waals surface area contributed by atoms with E-state index in [9.17, 15) is 10.1 Å². The van der Waals surface area contributed by atoms with Gasteiger partial charge in [-0.3, -0.25) is 9.80 Å². The number of rotatable bonds is 5. The van der Waals surface area contributed by atoms with Crippen molar-refractivity contribution in [1.29, 1.82) is 5.26 Å². The first kappa shape index (κ1) is 20.7. The molecule has 0 fully saturated rings. The molecule has 0 aliphatic carbocycles. The van der Waals surface area contributed by atoms with Crippen LogP contribution in [-0.4, -0.2) is 16.5 Å². The number of carbonyl (C=O) groups excluding carboxylic acids is 1. The molecule has 2 rings (SSSR count). The van der Waals surface area contributed by atoms with Gasteiger partial charge in [0, 0.05) is 5.56 Å². The Morgan fingerprint density at radius 1 is 1.11 bits per heavy atom. The fourth-order valence-electron chi connectivity index (χ4n) is 3.04. The van der Waals surface area contributed by atoms with E-state index in [-0.39, 0.29) is 5.91 Å². The van der Waals surface area contributed by atoms with Crippen molar-refractivity contribution in [2.24, 2.45) is 0 Å². The molecule has 2 aromatic carbocycles. The molecule has 0 saturated heterocycles. The van der Waals surface area contributed by atoms with E-state index in [1.165, 1.54) is 5.56 Å². The summed E-state index contributed by atoms with van der Waals surface area (Å²) in [5, 5.41) is 11.3. The maximum Gasteiger partial charge on any atom is 0.268 e. The highest BCUT2D eigenvalue weighted by Crippen LogP contribution is 2.21. The molecule has 1 amide bonds. The normalized spacial score (nSPS) is 12.3. The molecule has 1 N–H and O–H groups in total. The molecular weight excluding hydrogens is 334 g/mol. The zero-order valence-corrected chi connectivity index (χ0v) is 17.1. The van der Waals surface area contributed by atoms with Crippen LogP contribution < -0.4 is 5.43 Å². The SMILES string of the molecule is CCc1ccc(C(C#N)NN(C(=O)c2cc(C)cc(C)c2)C(C)(C)C)cc1. The number of hydrogen-bond donors (Lipinski definition) is 1. The molecular formula is C23H29N3O. The standard InChI is InChI=1S/C23H29N3O/c1-7-18-8-10-19(11-9-18)21(15-24)25-26(23(4,5)6)22(27)20-13-16(2)12-17(3)14-20/h8-14,21,25H,7H2,1-6H3. The Kier molecular flexibility index (Phi) is 6.41. The second kappa shape index (κ2) is 8.37. The van der Waals surface area contributed by atoms with E-state index < -0.39 is 11.6 Å². The van der Waals surface area contributed by atoms with Crippen LogP contribution in [0.5, 0.6) is 0 Å². The van der Waals surface area contributed by atoms with E-state index in [0.29, 0.717) is 5.56 Å². The van der Waals surface area contributed by atoms with E-state index in [2.05, 4.69) is 18.4 Å². The molecule has 0 aliphatic rings. The zero-order valence-electron chi connectivity index (χ0n) is 17.1. The predicted octanol–water partition coefficient (Wildman–Crippen LogP) is 4.88. The van der Waals surface area contributed by atoms with Gasteiger partial charge in [-0.2, -0.15) is 5.26 Å². The lowest BCUT2D eigenvalue weighted by Gasteiger charge is -2.37. The molecule has 4 heteroatoms. The Morgan fingerprint density at radius 3 is 2.11 bits per heavy atom. The van der Waals surface area contributed by atoms with Gasteiger partial charge in [0.05, 0.1) is 11.6 Å². The van der Waals surface area contributed by atoms with Crippen LogP contribution in [0.15, 0.2) is 42.5 Å². The van der Waals surface area contributed by atoms with Crippen molar-refractivity contribution >= 4 is 5.91 Å². The first-order valence-electron chi connectivity index (χ1n) is 9.33.